The van der Waals surface area contributed by atoms with Crippen LogP contribution in [0.15, 0.2) is 85.2 Å². The highest BCUT2D eigenvalue weighted by Gasteiger charge is 2.18. The van der Waals surface area contributed by atoms with E-state index in [4.69, 9.17) is 11.6 Å². The number of aromatic nitrogens is 2. The number of imidazole rings is 1. The van der Waals surface area contributed by atoms with Crippen molar-refractivity contribution in [3.05, 3.63) is 118 Å². The van der Waals surface area contributed by atoms with Crippen LogP contribution in [-0.4, -0.2) is 21.2 Å². The summed E-state index contributed by atoms with van der Waals surface area (Å²) < 4.78 is 2.05. The Bertz CT molecular complexity index is 1230. The highest BCUT2D eigenvalue weighted by molar-refractivity contribution is 6.30. The molecule has 0 spiro atoms. The first kappa shape index (κ1) is 20.6. The van der Waals surface area contributed by atoms with Crippen molar-refractivity contribution in [1.82, 2.24) is 9.55 Å². The van der Waals surface area contributed by atoms with Crippen molar-refractivity contribution in [1.29, 1.82) is 0 Å². The average molecular weight is 430 g/mol. The van der Waals surface area contributed by atoms with E-state index >= 15 is 0 Å². The van der Waals surface area contributed by atoms with E-state index < -0.39 is 0 Å². The summed E-state index contributed by atoms with van der Waals surface area (Å²) in [6.07, 6.45) is 3.70. The van der Waals surface area contributed by atoms with Gasteiger partial charge < -0.3 is 9.88 Å². The highest BCUT2D eigenvalue weighted by Crippen LogP contribution is 2.19. The van der Waals surface area contributed by atoms with Crippen molar-refractivity contribution >= 4 is 29.0 Å². The van der Waals surface area contributed by atoms with Crippen LogP contribution in [-0.2, 0) is 6.54 Å². The van der Waals surface area contributed by atoms with Gasteiger partial charge in [0.25, 0.3) is 5.91 Å². The van der Waals surface area contributed by atoms with E-state index in [9.17, 15) is 9.59 Å². The van der Waals surface area contributed by atoms with Gasteiger partial charge in [0.05, 0.1) is 5.56 Å². The predicted octanol–water partition coefficient (Wildman–Crippen LogP) is 5.38. The van der Waals surface area contributed by atoms with Crippen LogP contribution < -0.4 is 5.32 Å². The number of nitrogens with one attached hydrogen (secondary N) is 1. The molecule has 1 heterocycles. The minimum atomic E-state index is -0.337. The molecule has 3 aromatic carbocycles. The van der Waals surface area contributed by atoms with E-state index in [1.165, 1.54) is 0 Å². The minimum Gasteiger partial charge on any atom is -0.331 e. The molecule has 154 valence electrons. The second kappa shape index (κ2) is 8.98. The minimum absolute atomic E-state index is 0.228. The lowest BCUT2D eigenvalue weighted by molar-refractivity contribution is 0.0996. The highest BCUT2D eigenvalue weighted by atomic mass is 35.5. The van der Waals surface area contributed by atoms with Gasteiger partial charge in [-0.3, -0.25) is 9.59 Å². The van der Waals surface area contributed by atoms with Crippen LogP contribution in [0.2, 0.25) is 5.02 Å². The van der Waals surface area contributed by atoms with Crippen LogP contribution in [0.4, 0.5) is 5.69 Å². The molecule has 5 nitrogen and oxygen atoms in total. The molecular formula is C25H20ClN3O2. The third-order valence-corrected chi connectivity index (χ3v) is 5.26. The third-order valence-electron chi connectivity index (χ3n) is 5.01. The van der Waals surface area contributed by atoms with Gasteiger partial charge in [0.1, 0.15) is 5.82 Å². The van der Waals surface area contributed by atoms with Crippen molar-refractivity contribution in [3.63, 3.8) is 0 Å². The predicted molar refractivity (Wildman–Crippen MR) is 122 cm³/mol. The first-order valence-corrected chi connectivity index (χ1v) is 10.2. The fraction of sp³-hybridized carbons (Fsp3) is 0.0800. The Labute approximate surface area is 185 Å². The quantitative estimate of drug-likeness (QED) is 0.419. The van der Waals surface area contributed by atoms with Crippen LogP contribution >= 0.6 is 11.6 Å². The smallest absolute Gasteiger partial charge is 0.256 e. The number of halogens is 1. The van der Waals surface area contributed by atoms with Gasteiger partial charge in [0.2, 0.25) is 0 Å². The zero-order valence-electron chi connectivity index (χ0n) is 16.9. The second-order valence-electron chi connectivity index (χ2n) is 7.14. The van der Waals surface area contributed by atoms with Crippen LogP contribution in [0.5, 0.6) is 0 Å². The molecule has 31 heavy (non-hydrogen) atoms. The Hall–Kier alpha value is -3.70. The van der Waals surface area contributed by atoms with Crippen LogP contribution in [0.25, 0.3) is 0 Å². The van der Waals surface area contributed by atoms with Gasteiger partial charge in [-0.2, -0.15) is 0 Å². The molecule has 0 saturated carbocycles. The molecule has 0 fully saturated rings. The monoisotopic (exact) mass is 429 g/mol. The molecule has 0 radical (unpaired) electrons. The fourth-order valence-electron chi connectivity index (χ4n) is 3.30. The Balaban J connectivity index is 1.51. The number of carbonyl (C=O) groups is 2. The number of amides is 1. The number of nitrogens with zero attached hydrogens (tertiary/aromatic N) is 2. The topological polar surface area (TPSA) is 64.0 Å². The Kier molecular flexibility index (Phi) is 5.96. The van der Waals surface area contributed by atoms with Crippen LogP contribution in [0, 0.1) is 6.92 Å². The molecule has 0 saturated heterocycles. The van der Waals surface area contributed by atoms with Gasteiger partial charge >= 0.3 is 0 Å². The number of hydrogen-bond donors (Lipinski definition) is 1. The van der Waals surface area contributed by atoms with Gasteiger partial charge in [-0.1, -0.05) is 41.9 Å². The normalized spacial score (nSPS) is 10.6. The van der Waals surface area contributed by atoms with Crippen molar-refractivity contribution in [3.8, 4) is 0 Å². The molecule has 6 heteroatoms. The summed E-state index contributed by atoms with van der Waals surface area (Å²) in [7, 11) is 0. The number of rotatable bonds is 6. The summed E-state index contributed by atoms with van der Waals surface area (Å²) in [6, 6.07) is 21.0. The molecule has 0 atom stereocenters. The van der Waals surface area contributed by atoms with Gasteiger partial charge in [0.15, 0.2) is 5.78 Å². The Morgan fingerprint density at radius 1 is 0.935 bits per heavy atom. The lowest BCUT2D eigenvalue weighted by Crippen LogP contribution is -2.17. The first-order chi connectivity index (χ1) is 15.0. The maximum atomic E-state index is 12.9. The average Bonchev–Trinajstić information content (AvgIpc) is 3.19. The molecule has 0 aliphatic carbocycles. The molecule has 4 rings (SSSR count). The van der Waals surface area contributed by atoms with E-state index in [-0.39, 0.29) is 11.7 Å². The summed E-state index contributed by atoms with van der Waals surface area (Å²) in [6.45, 7) is 2.66. The molecule has 0 bridgehead atoms. The number of aryl methyl sites for hydroxylation is 1. The molecule has 4 aromatic rings. The molecule has 1 aromatic heterocycles. The summed E-state index contributed by atoms with van der Waals surface area (Å²) in [5.41, 5.74) is 2.89. The van der Waals surface area contributed by atoms with Crippen molar-refractivity contribution in [2.75, 3.05) is 5.32 Å². The standard InChI is InChI=1S/C25H20ClN3O2/c1-17-27-14-15-29(17)16-18-6-12-21(13-7-18)28-25(31)23-5-3-2-4-22(23)24(30)19-8-10-20(26)11-9-19/h2-15H,16H2,1H3,(H,28,31). The largest absolute Gasteiger partial charge is 0.331 e. The van der Waals surface area contributed by atoms with E-state index in [0.29, 0.717) is 33.9 Å². The van der Waals surface area contributed by atoms with Crippen LogP contribution in [0.3, 0.4) is 0 Å². The summed E-state index contributed by atoms with van der Waals surface area (Å²) >= 11 is 5.91. The van der Waals surface area contributed by atoms with E-state index in [0.717, 1.165) is 11.4 Å². The zero-order chi connectivity index (χ0) is 21.8. The lowest BCUT2D eigenvalue weighted by atomic mass is 9.98. The Morgan fingerprint density at radius 2 is 1.61 bits per heavy atom. The number of hydrogen-bond acceptors (Lipinski definition) is 3. The zero-order valence-corrected chi connectivity index (χ0v) is 17.6. The van der Waals surface area contributed by atoms with Gasteiger partial charge in [-0.25, -0.2) is 4.98 Å². The van der Waals surface area contributed by atoms with Gasteiger partial charge in [0, 0.05) is 40.8 Å². The third kappa shape index (κ3) is 4.73. The van der Waals surface area contributed by atoms with Crippen LogP contribution in [0.1, 0.15) is 37.7 Å². The number of carbonyl (C=O) groups excluding carboxylic acids is 2. The van der Waals surface area contributed by atoms with Gasteiger partial charge in [-0.15, -0.1) is 0 Å². The molecule has 0 aliphatic rings. The van der Waals surface area contributed by atoms with Crippen molar-refractivity contribution in [2.45, 2.75) is 13.5 Å². The second-order valence-corrected chi connectivity index (χ2v) is 7.57. The Morgan fingerprint density at radius 3 is 2.26 bits per heavy atom. The maximum absolute atomic E-state index is 12.9. The number of anilines is 1. The molecule has 1 amide bonds. The number of ketones is 1. The van der Waals surface area contributed by atoms with Gasteiger partial charge in [-0.05, 0) is 55.0 Å². The summed E-state index contributed by atoms with van der Waals surface area (Å²) in [5, 5.41) is 3.43. The molecule has 0 aliphatic heterocycles. The summed E-state index contributed by atoms with van der Waals surface area (Å²) in [5.74, 6) is 0.379. The van der Waals surface area contributed by atoms with E-state index in [2.05, 4.69) is 10.3 Å². The fourth-order valence-corrected chi connectivity index (χ4v) is 3.42. The SMILES string of the molecule is Cc1nccn1Cc1ccc(NC(=O)c2ccccc2C(=O)c2ccc(Cl)cc2)cc1. The number of benzene rings is 3. The molecule has 0 unspecified atom stereocenters. The van der Waals surface area contributed by atoms with E-state index in [1.807, 2.05) is 42.0 Å². The lowest BCUT2D eigenvalue weighted by Gasteiger charge is -2.11. The maximum Gasteiger partial charge on any atom is 0.256 e. The molecular weight excluding hydrogens is 410 g/mol. The van der Waals surface area contributed by atoms with Crippen molar-refractivity contribution < 1.29 is 9.59 Å². The van der Waals surface area contributed by atoms with Crippen molar-refractivity contribution in [2.24, 2.45) is 0 Å². The summed E-state index contributed by atoms with van der Waals surface area (Å²) in [4.78, 5) is 30.1. The van der Waals surface area contributed by atoms with E-state index in [1.54, 1.807) is 54.7 Å². The molecule has 1 N–H and O–H groups in total. The first-order valence-electron chi connectivity index (χ1n) is 9.78.